The van der Waals surface area contributed by atoms with Crippen LogP contribution in [0, 0.1) is 6.92 Å². The largest absolute Gasteiger partial charge is 0.493 e. The second kappa shape index (κ2) is 10.2. The Hall–Kier alpha value is -3.23. The molecule has 0 radical (unpaired) electrons. The summed E-state index contributed by atoms with van der Waals surface area (Å²) in [4.78, 5) is 41.4. The lowest BCUT2D eigenvalue weighted by Crippen LogP contribution is -2.42. The van der Waals surface area contributed by atoms with Crippen LogP contribution in [0.2, 0.25) is 0 Å². The molecule has 0 spiro atoms. The zero-order valence-corrected chi connectivity index (χ0v) is 19.1. The molecule has 0 bridgehead atoms. The Bertz CT molecular complexity index is 1050. The minimum absolute atomic E-state index is 0.176. The van der Waals surface area contributed by atoms with Crippen LogP contribution < -0.4 is 21.0 Å². The van der Waals surface area contributed by atoms with Crippen LogP contribution in [-0.2, 0) is 18.8 Å². The van der Waals surface area contributed by atoms with Gasteiger partial charge in [0, 0.05) is 32.9 Å². The first kappa shape index (κ1) is 24.0. The van der Waals surface area contributed by atoms with Gasteiger partial charge in [0.15, 0.2) is 5.69 Å². The average Bonchev–Trinajstić information content (AvgIpc) is 2.75. The fourth-order valence-electron chi connectivity index (χ4n) is 3.37. The highest BCUT2D eigenvalue weighted by atomic mass is 16.6. The molecule has 31 heavy (non-hydrogen) atoms. The van der Waals surface area contributed by atoms with Gasteiger partial charge in [-0.3, -0.25) is 13.9 Å². The molecular formula is C22H32N4O5. The normalized spacial score (nSPS) is 10.8. The number of hydrogen-bond acceptors (Lipinski definition) is 6. The number of rotatable bonds is 8. The number of anilines is 3. The average molecular weight is 433 g/mol. The lowest BCUT2D eigenvalue weighted by molar-refractivity contribution is 0.154. The summed E-state index contributed by atoms with van der Waals surface area (Å²) in [7, 11) is 2.63. The summed E-state index contributed by atoms with van der Waals surface area (Å²) in [6, 6.07) is 5.48. The second-order valence-corrected chi connectivity index (χ2v) is 7.32. The third-order valence-electron chi connectivity index (χ3n) is 5.29. The van der Waals surface area contributed by atoms with E-state index in [1.54, 1.807) is 6.07 Å². The summed E-state index contributed by atoms with van der Waals surface area (Å²) in [6.07, 6.45) is 0.701. The van der Waals surface area contributed by atoms with E-state index in [2.05, 4.69) is 18.7 Å². The van der Waals surface area contributed by atoms with Crippen molar-refractivity contribution in [2.24, 2.45) is 14.1 Å². The molecule has 1 aromatic heterocycles. The molecule has 0 fully saturated rings. The quantitative estimate of drug-likeness (QED) is 0.644. The number of amides is 1. The van der Waals surface area contributed by atoms with E-state index in [-0.39, 0.29) is 12.3 Å². The van der Waals surface area contributed by atoms with Gasteiger partial charge in [0.05, 0.1) is 12.3 Å². The molecule has 2 aromatic rings. The molecule has 170 valence electrons. The maximum atomic E-state index is 13.1. The van der Waals surface area contributed by atoms with Crippen LogP contribution in [0.3, 0.4) is 0 Å². The van der Waals surface area contributed by atoms with Crippen LogP contribution in [0.15, 0.2) is 27.8 Å². The molecule has 0 aliphatic carbocycles. The highest BCUT2D eigenvalue weighted by Crippen LogP contribution is 2.34. The SMILES string of the molecule is CCCCOC(=O)N(c1ccc(N(CC)CC)cc1C)c1c(O)n(C)c(=O)n(C)c1=O. The lowest BCUT2D eigenvalue weighted by atomic mass is 10.1. The molecule has 9 heteroatoms. The first-order valence-electron chi connectivity index (χ1n) is 10.5. The number of carbonyl (C=O) groups is 1. The molecule has 9 nitrogen and oxygen atoms in total. The van der Waals surface area contributed by atoms with E-state index in [1.165, 1.54) is 14.1 Å². The van der Waals surface area contributed by atoms with E-state index in [1.807, 2.05) is 26.0 Å². The van der Waals surface area contributed by atoms with Crippen LogP contribution in [-0.4, -0.2) is 40.0 Å². The number of ether oxygens (including phenoxy) is 1. The van der Waals surface area contributed by atoms with E-state index in [0.717, 1.165) is 39.2 Å². The monoisotopic (exact) mass is 432 g/mol. The molecule has 0 unspecified atom stereocenters. The fraction of sp³-hybridized carbons (Fsp3) is 0.500. The van der Waals surface area contributed by atoms with Gasteiger partial charge in [-0.2, -0.15) is 0 Å². The highest BCUT2D eigenvalue weighted by Gasteiger charge is 2.30. The number of aromatic nitrogens is 2. The number of aryl methyl sites for hydroxylation is 1. The van der Waals surface area contributed by atoms with Crippen LogP contribution >= 0.6 is 0 Å². The Morgan fingerprint density at radius 2 is 1.74 bits per heavy atom. The molecule has 1 aromatic carbocycles. The van der Waals surface area contributed by atoms with Gasteiger partial charge >= 0.3 is 11.8 Å². The molecule has 0 aliphatic heterocycles. The minimum Gasteiger partial charge on any atom is -0.493 e. The van der Waals surface area contributed by atoms with Crippen molar-refractivity contribution in [3.63, 3.8) is 0 Å². The number of hydrogen-bond donors (Lipinski definition) is 1. The number of nitrogens with zero attached hydrogens (tertiary/aromatic N) is 4. The highest BCUT2D eigenvalue weighted by molar-refractivity contribution is 5.98. The van der Waals surface area contributed by atoms with Crippen molar-refractivity contribution < 1.29 is 14.6 Å². The van der Waals surface area contributed by atoms with Crippen LogP contribution in [0.4, 0.5) is 21.9 Å². The van der Waals surface area contributed by atoms with E-state index in [9.17, 15) is 19.5 Å². The third kappa shape index (κ3) is 4.76. The molecule has 0 saturated heterocycles. The lowest BCUT2D eigenvalue weighted by Gasteiger charge is -2.27. The smallest absolute Gasteiger partial charge is 0.419 e. The summed E-state index contributed by atoms with van der Waals surface area (Å²) in [5.41, 5.74) is 0.267. The van der Waals surface area contributed by atoms with Crippen molar-refractivity contribution in [2.45, 2.75) is 40.5 Å². The Labute approximate surface area is 182 Å². The van der Waals surface area contributed by atoms with Crippen LogP contribution in [0.5, 0.6) is 5.88 Å². The van der Waals surface area contributed by atoms with Crippen molar-refractivity contribution >= 4 is 23.2 Å². The van der Waals surface area contributed by atoms with Gasteiger partial charge in [0.25, 0.3) is 5.56 Å². The minimum atomic E-state index is -0.793. The molecular weight excluding hydrogens is 400 g/mol. The van der Waals surface area contributed by atoms with Gasteiger partial charge in [-0.15, -0.1) is 0 Å². The van der Waals surface area contributed by atoms with Crippen molar-refractivity contribution in [1.82, 2.24) is 9.13 Å². The standard InChI is InChI=1S/C22H32N4O5/c1-7-10-13-31-22(30)26(18-19(27)23(5)21(29)24(6)20(18)28)17-12-11-16(14-15(17)4)25(8-2)9-3/h11-12,14,27H,7-10,13H2,1-6H3. The van der Waals surface area contributed by atoms with E-state index in [0.29, 0.717) is 17.7 Å². The fourth-order valence-corrected chi connectivity index (χ4v) is 3.37. The second-order valence-electron chi connectivity index (χ2n) is 7.32. The first-order valence-corrected chi connectivity index (χ1v) is 10.5. The van der Waals surface area contributed by atoms with E-state index >= 15 is 0 Å². The van der Waals surface area contributed by atoms with Crippen molar-refractivity contribution in [1.29, 1.82) is 0 Å². The Morgan fingerprint density at radius 1 is 1.10 bits per heavy atom. The van der Waals surface area contributed by atoms with Crippen molar-refractivity contribution in [3.05, 3.63) is 44.6 Å². The Morgan fingerprint density at radius 3 is 2.29 bits per heavy atom. The van der Waals surface area contributed by atoms with Crippen LogP contribution in [0.25, 0.3) is 0 Å². The van der Waals surface area contributed by atoms with Gasteiger partial charge in [-0.25, -0.2) is 14.5 Å². The van der Waals surface area contributed by atoms with Crippen molar-refractivity contribution in [2.75, 3.05) is 29.5 Å². The summed E-state index contributed by atoms with van der Waals surface area (Å²) < 4.78 is 7.15. The number of unbranched alkanes of at least 4 members (excludes halogenated alkanes) is 1. The molecule has 0 saturated carbocycles. The molecule has 0 atom stereocenters. The first-order chi connectivity index (χ1) is 14.7. The summed E-state index contributed by atoms with van der Waals surface area (Å²) in [5.74, 6) is -0.604. The van der Waals surface area contributed by atoms with Crippen molar-refractivity contribution in [3.8, 4) is 5.88 Å². The third-order valence-corrected chi connectivity index (χ3v) is 5.29. The summed E-state index contributed by atoms with van der Waals surface area (Å²) >= 11 is 0. The maximum Gasteiger partial charge on any atom is 0.419 e. The predicted octanol–water partition coefficient (Wildman–Crippen LogP) is 3.02. The molecule has 1 amide bonds. The summed E-state index contributed by atoms with van der Waals surface area (Å²) in [6.45, 7) is 9.71. The van der Waals surface area contributed by atoms with Crippen LogP contribution in [0.1, 0.15) is 39.2 Å². The van der Waals surface area contributed by atoms with Gasteiger partial charge in [-0.05, 0) is 51.0 Å². The number of aromatic hydroxyl groups is 1. The maximum absolute atomic E-state index is 13.1. The number of carbonyl (C=O) groups excluding carboxylic acids is 1. The Balaban J connectivity index is 2.71. The zero-order valence-electron chi connectivity index (χ0n) is 19.1. The van der Waals surface area contributed by atoms with E-state index < -0.39 is 23.2 Å². The zero-order chi connectivity index (χ0) is 23.3. The predicted molar refractivity (Wildman–Crippen MR) is 122 cm³/mol. The molecule has 1 N–H and O–H groups in total. The topological polar surface area (TPSA) is 97.0 Å². The number of benzene rings is 1. The van der Waals surface area contributed by atoms with Gasteiger partial charge in [-0.1, -0.05) is 13.3 Å². The van der Waals surface area contributed by atoms with Gasteiger partial charge in [0.1, 0.15) is 0 Å². The van der Waals surface area contributed by atoms with E-state index in [4.69, 9.17) is 4.74 Å². The molecule has 2 rings (SSSR count). The summed E-state index contributed by atoms with van der Waals surface area (Å²) in [5, 5.41) is 10.6. The molecule has 1 heterocycles. The molecule has 0 aliphatic rings. The van der Waals surface area contributed by atoms with Gasteiger partial charge < -0.3 is 14.7 Å². The Kier molecular flexibility index (Phi) is 7.90. The van der Waals surface area contributed by atoms with Gasteiger partial charge in [0.2, 0.25) is 5.88 Å².